The van der Waals surface area contributed by atoms with Crippen molar-refractivity contribution in [1.29, 1.82) is 5.26 Å². The van der Waals surface area contributed by atoms with Gasteiger partial charge in [0.05, 0.1) is 11.6 Å². The molecule has 1 aromatic heterocycles. The Morgan fingerprint density at radius 2 is 1.95 bits per heavy atom. The third kappa shape index (κ3) is 2.39. The second-order valence-electron chi connectivity index (χ2n) is 4.79. The number of halogens is 2. The fourth-order valence-corrected chi connectivity index (χ4v) is 3.66. The van der Waals surface area contributed by atoms with E-state index < -0.39 is 11.6 Å². The molecule has 0 bridgehead atoms. The quantitative estimate of drug-likeness (QED) is 0.927. The molecule has 5 heteroatoms. The molecular weight excluding hydrogens is 278 g/mol. The van der Waals surface area contributed by atoms with Crippen molar-refractivity contribution in [3.8, 4) is 6.07 Å². The molecule has 20 heavy (non-hydrogen) atoms. The van der Waals surface area contributed by atoms with E-state index in [0.717, 1.165) is 29.9 Å². The number of nitrogens with zero attached hydrogens (tertiary/aromatic N) is 1. The Labute approximate surface area is 119 Å². The van der Waals surface area contributed by atoms with Gasteiger partial charge in [-0.25, -0.2) is 8.78 Å². The number of hydrogen-bond donors (Lipinski definition) is 1. The Kier molecular flexibility index (Phi) is 3.41. The van der Waals surface area contributed by atoms with Crippen LogP contribution in [0.1, 0.15) is 27.3 Å². The van der Waals surface area contributed by atoms with Crippen LogP contribution in [0.2, 0.25) is 0 Å². The van der Waals surface area contributed by atoms with Gasteiger partial charge in [-0.3, -0.25) is 0 Å². The van der Waals surface area contributed by atoms with Crippen LogP contribution in [0.25, 0.3) is 0 Å². The number of fused-ring (bicyclic) bond motifs is 1. The average molecular weight is 290 g/mol. The number of nitriles is 1. The fraction of sp³-hybridized carbons (Fsp3) is 0.267. The Hall–Kier alpha value is -1.93. The summed E-state index contributed by atoms with van der Waals surface area (Å²) < 4.78 is 27.4. The Balaban J connectivity index is 1.76. The Morgan fingerprint density at radius 3 is 2.60 bits per heavy atom. The van der Waals surface area contributed by atoms with Crippen molar-refractivity contribution in [2.45, 2.75) is 25.8 Å². The summed E-state index contributed by atoms with van der Waals surface area (Å²) in [6.45, 7) is 0.400. The maximum atomic E-state index is 13.7. The molecule has 3 rings (SSSR count). The molecule has 2 aromatic rings. The van der Waals surface area contributed by atoms with E-state index in [1.165, 1.54) is 16.9 Å². The number of aryl methyl sites for hydroxylation is 2. The average Bonchev–Trinajstić information content (AvgIpc) is 2.98. The van der Waals surface area contributed by atoms with E-state index in [9.17, 15) is 8.78 Å². The third-order valence-electron chi connectivity index (χ3n) is 3.41. The van der Waals surface area contributed by atoms with Crippen LogP contribution in [-0.2, 0) is 19.4 Å². The van der Waals surface area contributed by atoms with E-state index in [4.69, 9.17) is 5.26 Å². The molecule has 1 aliphatic carbocycles. The lowest BCUT2D eigenvalue weighted by atomic mass is 10.2. The highest BCUT2D eigenvalue weighted by Crippen LogP contribution is 2.31. The van der Waals surface area contributed by atoms with Gasteiger partial charge in [0, 0.05) is 16.3 Å². The summed E-state index contributed by atoms with van der Waals surface area (Å²) in [4.78, 5) is 2.47. The van der Waals surface area contributed by atoms with E-state index in [-0.39, 0.29) is 11.3 Å². The summed E-state index contributed by atoms with van der Waals surface area (Å²) in [5, 5.41) is 11.4. The number of benzene rings is 1. The first kappa shape index (κ1) is 13.1. The van der Waals surface area contributed by atoms with Crippen LogP contribution in [0.5, 0.6) is 0 Å². The number of thiophene rings is 1. The van der Waals surface area contributed by atoms with Gasteiger partial charge in [0.2, 0.25) is 0 Å². The van der Waals surface area contributed by atoms with Gasteiger partial charge in [-0.15, -0.1) is 11.3 Å². The molecule has 1 N–H and O–H groups in total. The molecule has 102 valence electrons. The zero-order valence-corrected chi connectivity index (χ0v) is 11.5. The topological polar surface area (TPSA) is 35.8 Å². The molecule has 0 saturated heterocycles. The Morgan fingerprint density at radius 1 is 1.20 bits per heavy atom. The first-order valence-electron chi connectivity index (χ1n) is 6.41. The Bertz CT molecular complexity index is 656. The highest BCUT2D eigenvalue weighted by molar-refractivity contribution is 7.12. The molecule has 0 aliphatic heterocycles. The first-order valence-corrected chi connectivity index (χ1v) is 7.22. The number of nitrogens with one attached hydrogen (secondary N) is 1. The lowest BCUT2D eigenvalue weighted by Crippen LogP contribution is -2.03. The molecular formula is C15H12F2N2S. The van der Waals surface area contributed by atoms with Crippen LogP contribution < -0.4 is 5.32 Å². The van der Waals surface area contributed by atoms with Gasteiger partial charge in [-0.1, -0.05) is 0 Å². The van der Waals surface area contributed by atoms with Gasteiger partial charge in [0.25, 0.3) is 0 Å². The van der Waals surface area contributed by atoms with E-state index in [0.29, 0.717) is 6.54 Å². The van der Waals surface area contributed by atoms with Crippen molar-refractivity contribution in [1.82, 2.24) is 0 Å². The summed E-state index contributed by atoms with van der Waals surface area (Å²) in [6, 6.07) is 5.92. The summed E-state index contributed by atoms with van der Waals surface area (Å²) >= 11 is 1.70. The molecule has 0 spiro atoms. The van der Waals surface area contributed by atoms with Crippen LogP contribution in [0, 0.1) is 23.0 Å². The minimum Gasteiger partial charge on any atom is -0.375 e. The maximum absolute atomic E-state index is 13.7. The lowest BCUT2D eigenvalue weighted by Gasteiger charge is -2.08. The van der Waals surface area contributed by atoms with Crippen LogP contribution in [0.3, 0.4) is 0 Å². The van der Waals surface area contributed by atoms with E-state index in [1.54, 1.807) is 17.4 Å². The van der Waals surface area contributed by atoms with Gasteiger partial charge < -0.3 is 5.32 Å². The number of anilines is 1. The zero-order chi connectivity index (χ0) is 14.1. The lowest BCUT2D eigenvalue weighted by molar-refractivity contribution is 0.587. The molecule has 0 fully saturated rings. The van der Waals surface area contributed by atoms with Crippen molar-refractivity contribution >= 4 is 17.0 Å². The van der Waals surface area contributed by atoms with Gasteiger partial charge in [-0.05, 0) is 43.0 Å². The smallest absolute Gasteiger partial charge is 0.150 e. The maximum Gasteiger partial charge on any atom is 0.150 e. The predicted molar refractivity (Wildman–Crippen MR) is 74.7 cm³/mol. The van der Waals surface area contributed by atoms with Gasteiger partial charge in [0.15, 0.2) is 11.6 Å². The number of hydrogen-bond acceptors (Lipinski definition) is 3. The molecule has 0 radical (unpaired) electrons. The standard InChI is InChI=1S/C15H12F2N2S/c16-12-4-9(7-18)5-13(17)15(12)19-8-11-6-10-2-1-3-14(10)20-11/h4-6,19H,1-3,8H2. The monoisotopic (exact) mass is 290 g/mol. The second-order valence-corrected chi connectivity index (χ2v) is 6.02. The van der Waals surface area contributed by atoms with Gasteiger partial charge in [0.1, 0.15) is 5.69 Å². The molecule has 0 unspecified atom stereocenters. The van der Waals surface area contributed by atoms with E-state index >= 15 is 0 Å². The summed E-state index contributed by atoms with van der Waals surface area (Å²) in [5.74, 6) is -1.46. The molecule has 0 saturated carbocycles. The molecule has 0 amide bonds. The normalized spacial score (nSPS) is 13.1. The molecule has 1 aromatic carbocycles. The van der Waals surface area contributed by atoms with Crippen LogP contribution in [0.4, 0.5) is 14.5 Å². The van der Waals surface area contributed by atoms with Crippen molar-refractivity contribution in [2.75, 3.05) is 5.32 Å². The number of rotatable bonds is 3. The van der Waals surface area contributed by atoms with Crippen molar-refractivity contribution in [3.05, 3.63) is 50.7 Å². The van der Waals surface area contributed by atoms with Gasteiger partial charge in [-0.2, -0.15) is 5.26 Å². The summed E-state index contributed by atoms with van der Waals surface area (Å²) in [7, 11) is 0. The van der Waals surface area contributed by atoms with Crippen LogP contribution in [-0.4, -0.2) is 0 Å². The molecule has 1 aliphatic rings. The minimum atomic E-state index is -0.731. The summed E-state index contributed by atoms with van der Waals surface area (Å²) in [5.41, 5.74) is 1.19. The third-order valence-corrected chi connectivity index (χ3v) is 4.65. The largest absolute Gasteiger partial charge is 0.375 e. The molecule has 1 heterocycles. The van der Waals surface area contributed by atoms with Crippen LogP contribution in [0.15, 0.2) is 18.2 Å². The second kappa shape index (κ2) is 5.22. The molecule has 0 atom stereocenters. The fourth-order valence-electron chi connectivity index (χ4n) is 2.46. The highest BCUT2D eigenvalue weighted by Gasteiger charge is 2.16. The van der Waals surface area contributed by atoms with Crippen molar-refractivity contribution < 1.29 is 8.78 Å². The van der Waals surface area contributed by atoms with E-state index in [1.807, 2.05) is 0 Å². The molecule has 2 nitrogen and oxygen atoms in total. The first-order chi connectivity index (χ1) is 9.67. The highest BCUT2D eigenvalue weighted by atomic mass is 32.1. The van der Waals surface area contributed by atoms with Crippen molar-refractivity contribution in [2.24, 2.45) is 0 Å². The van der Waals surface area contributed by atoms with Crippen LogP contribution >= 0.6 is 11.3 Å². The SMILES string of the molecule is N#Cc1cc(F)c(NCc2cc3c(s2)CCC3)c(F)c1. The predicted octanol–water partition coefficient (Wildman–Crippen LogP) is 4.00. The van der Waals surface area contributed by atoms with Gasteiger partial charge >= 0.3 is 0 Å². The zero-order valence-electron chi connectivity index (χ0n) is 10.7. The summed E-state index contributed by atoms with van der Waals surface area (Å²) in [6.07, 6.45) is 3.42. The van der Waals surface area contributed by atoms with Crippen molar-refractivity contribution in [3.63, 3.8) is 0 Å². The minimum absolute atomic E-state index is 0.0133. The van der Waals surface area contributed by atoms with E-state index in [2.05, 4.69) is 11.4 Å².